The number of para-hydroxylation sites is 1. The molecule has 4 aromatic rings. The third-order valence-corrected chi connectivity index (χ3v) is 6.68. The fraction of sp³-hybridized carbons (Fsp3) is 0.176. The lowest BCUT2D eigenvalue weighted by molar-refractivity contribution is -0.135. The van der Waals surface area contributed by atoms with Gasteiger partial charge in [0.1, 0.15) is 12.7 Å². The Balaban J connectivity index is 1.41. The molecule has 10 heteroatoms. The third-order valence-electron chi connectivity index (χ3n) is 6.68. The number of esters is 3. The second-order valence-electron chi connectivity index (χ2n) is 9.88. The van der Waals surface area contributed by atoms with E-state index in [1.807, 2.05) is 6.92 Å². The van der Waals surface area contributed by atoms with Crippen LogP contribution in [-0.4, -0.2) is 55.2 Å². The Kier molecular flexibility index (Phi) is 9.63. The Labute approximate surface area is 253 Å². The van der Waals surface area contributed by atoms with Gasteiger partial charge in [-0.3, -0.25) is 5.32 Å². The largest absolute Gasteiger partial charge is 0.459 e. The average Bonchev–Trinajstić information content (AvgIpc) is 3.35. The summed E-state index contributed by atoms with van der Waals surface area (Å²) >= 11 is 0. The van der Waals surface area contributed by atoms with Gasteiger partial charge in [-0.25, -0.2) is 19.2 Å². The molecule has 1 heterocycles. The van der Waals surface area contributed by atoms with Crippen LogP contribution in [0, 0.1) is 6.92 Å². The van der Waals surface area contributed by atoms with Crippen LogP contribution in [0.3, 0.4) is 0 Å². The van der Waals surface area contributed by atoms with Crippen molar-refractivity contribution in [2.24, 2.45) is 0 Å². The van der Waals surface area contributed by atoms with Gasteiger partial charge < -0.3 is 23.7 Å². The molecule has 4 atom stereocenters. The molecule has 1 N–H and O–H groups in total. The van der Waals surface area contributed by atoms with E-state index in [1.165, 1.54) is 0 Å². The van der Waals surface area contributed by atoms with E-state index in [0.717, 1.165) is 5.56 Å². The molecule has 1 fully saturated rings. The van der Waals surface area contributed by atoms with Crippen molar-refractivity contribution in [1.82, 2.24) is 0 Å². The van der Waals surface area contributed by atoms with Gasteiger partial charge in [-0.2, -0.15) is 0 Å². The summed E-state index contributed by atoms with van der Waals surface area (Å²) in [5, 5.41) is 2.57. The third kappa shape index (κ3) is 7.67. The predicted molar refractivity (Wildman–Crippen MR) is 158 cm³/mol. The Bertz CT molecular complexity index is 1580. The number of amides is 1. The maximum absolute atomic E-state index is 13.2. The normalized spacial score (nSPS) is 18.9. The van der Waals surface area contributed by atoms with Crippen molar-refractivity contribution in [1.29, 1.82) is 0 Å². The first kappa shape index (κ1) is 30.0. The SMILES string of the molecule is Cc1ccc(C(=O)O[C@H]2[C@@H](OC(=O)Nc3ccccc3)O[C@@H](COC(=O)c3ccccc3)[C@@H]2OC(=O)c2ccccc2)cc1. The van der Waals surface area contributed by atoms with Gasteiger partial charge in [0.25, 0.3) is 0 Å². The summed E-state index contributed by atoms with van der Waals surface area (Å²) in [6.45, 7) is 1.47. The second-order valence-corrected chi connectivity index (χ2v) is 9.88. The van der Waals surface area contributed by atoms with E-state index < -0.39 is 55.2 Å². The van der Waals surface area contributed by atoms with Crippen LogP contribution in [-0.2, 0) is 23.7 Å². The average molecular weight is 596 g/mol. The van der Waals surface area contributed by atoms with E-state index in [2.05, 4.69) is 5.32 Å². The number of carbonyl (C=O) groups is 4. The van der Waals surface area contributed by atoms with Crippen molar-refractivity contribution in [2.45, 2.75) is 31.5 Å². The van der Waals surface area contributed by atoms with Gasteiger partial charge in [-0.1, -0.05) is 72.3 Å². The molecular weight excluding hydrogens is 566 g/mol. The zero-order valence-corrected chi connectivity index (χ0v) is 23.7. The first-order valence-electron chi connectivity index (χ1n) is 13.8. The topological polar surface area (TPSA) is 126 Å². The molecule has 0 aliphatic carbocycles. The number of nitrogens with one attached hydrogen (secondary N) is 1. The molecule has 0 unspecified atom stereocenters. The van der Waals surface area contributed by atoms with Gasteiger partial charge >= 0.3 is 24.0 Å². The Morgan fingerprint density at radius 3 is 1.70 bits per heavy atom. The van der Waals surface area contributed by atoms with Crippen LogP contribution in [0.4, 0.5) is 10.5 Å². The number of hydrogen-bond donors (Lipinski definition) is 1. The lowest BCUT2D eigenvalue weighted by Crippen LogP contribution is -2.43. The van der Waals surface area contributed by atoms with E-state index in [9.17, 15) is 19.2 Å². The van der Waals surface area contributed by atoms with Crippen molar-refractivity contribution < 1.29 is 42.9 Å². The van der Waals surface area contributed by atoms with E-state index >= 15 is 0 Å². The molecule has 10 nitrogen and oxygen atoms in total. The van der Waals surface area contributed by atoms with Crippen LogP contribution in [0.25, 0.3) is 0 Å². The Hall–Kier alpha value is -5.48. The number of carbonyl (C=O) groups excluding carboxylic acids is 4. The molecule has 1 amide bonds. The van der Waals surface area contributed by atoms with Crippen LogP contribution in [0.1, 0.15) is 36.6 Å². The van der Waals surface area contributed by atoms with Crippen molar-refractivity contribution in [3.8, 4) is 0 Å². The fourth-order valence-electron chi connectivity index (χ4n) is 4.42. The van der Waals surface area contributed by atoms with Crippen LogP contribution < -0.4 is 5.32 Å². The van der Waals surface area contributed by atoms with E-state index in [-0.39, 0.29) is 11.1 Å². The molecule has 0 saturated carbocycles. The van der Waals surface area contributed by atoms with Gasteiger partial charge in [0.15, 0.2) is 6.10 Å². The lowest BCUT2D eigenvalue weighted by Gasteiger charge is -2.24. The molecule has 1 aliphatic rings. The first-order valence-corrected chi connectivity index (χ1v) is 13.8. The number of anilines is 1. The van der Waals surface area contributed by atoms with Crippen LogP contribution in [0.2, 0.25) is 0 Å². The molecular formula is C34H29NO9. The van der Waals surface area contributed by atoms with E-state index in [4.69, 9.17) is 23.7 Å². The van der Waals surface area contributed by atoms with Crippen molar-refractivity contribution in [3.05, 3.63) is 138 Å². The molecule has 4 aromatic carbocycles. The summed E-state index contributed by atoms with van der Waals surface area (Å²) in [6.07, 6.45) is -6.34. The van der Waals surface area contributed by atoms with Crippen LogP contribution >= 0.6 is 0 Å². The number of ether oxygens (including phenoxy) is 5. The lowest BCUT2D eigenvalue weighted by atomic mass is 10.1. The van der Waals surface area contributed by atoms with E-state index in [0.29, 0.717) is 11.3 Å². The Morgan fingerprint density at radius 1 is 0.614 bits per heavy atom. The molecule has 224 valence electrons. The number of benzene rings is 4. The molecule has 0 aromatic heterocycles. The van der Waals surface area contributed by atoms with E-state index in [1.54, 1.807) is 115 Å². The molecule has 0 spiro atoms. The second kappa shape index (κ2) is 14.1. The van der Waals surface area contributed by atoms with Crippen LogP contribution in [0.5, 0.6) is 0 Å². The maximum Gasteiger partial charge on any atom is 0.414 e. The highest BCUT2D eigenvalue weighted by atomic mass is 16.8. The zero-order valence-electron chi connectivity index (χ0n) is 23.7. The smallest absolute Gasteiger partial charge is 0.414 e. The number of hydrogen-bond acceptors (Lipinski definition) is 9. The fourth-order valence-corrected chi connectivity index (χ4v) is 4.42. The number of aryl methyl sites for hydroxylation is 1. The molecule has 1 saturated heterocycles. The minimum atomic E-state index is -1.53. The Morgan fingerprint density at radius 2 is 1.11 bits per heavy atom. The summed E-state index contributed by atoms with van der Waals surface area (Å²) in [6, 6.07) is 31.6. The van der Waals surface area contributed by atoms with Gasteiger partial charge in [0, 0.05) is 5.69 Å². The minimum Gasteiger partial charge on any atom is -0.459 e. The van der Waals surface area contributed by atoms with Crippen molar-refractivity contribution in [3.63, 3.8) is 0 Å². The minimum absolute atomic E-state index is 0.218. The summed E-state index contributed by atoms with van der Waals surface area (Å²) in [5.74, 6) is -2.16. The summed E-state index contributed by atoms with van der Waals surface area (Å²) in [5.41, 5.74) is 2.11. The highest BCUT2D eigenvalue weighted by Crippen LogP contribution is 2.30. The molecule has 44 heavy (non-hydrogen) atoms. The quantitative estimate of drug-likeness (QED) is 0.195. The van der Waals surface area contributed by atoms with Gasteiger partial charge in [0.2, 0.25) is 12.4 Å². The first-order chi connectivity index (χ1) is 21.4. The summed E-state index contributed by atoms with van der Waals surface area (Å²) < 4.78 is 28.6. The molecule has 5 rings (SSSR count). The predicted octanol–water partition coefficient (Wildman–Crippen LogP) is 5.58. The molecule has 0 bridgehead atoms. The van der Waals surface area contributed by atoms with Crippen LogP contribution in [0.15, 0.2) is 115 Å². The number of rotatable bonds is 9. The standard InChI is InChI=1S/C34H29NO9/c1-22-17-19-25(20-18-22)32(38)43-29-28(42-31(37)24-13-7-3-8-14-24)27(21-40-30(36)23-11-5-2-6-12-23)41-33(29)44-34(39)35-26-15-9-4-10-16-26/h2-20,27-29,33H,21H2,1H3,(H,35,39)/t27-,28-,29+,33+/m0/s1. The van der Waals surface area contributed by atoms with Gasteiger partial charge in [-0.15, -0.1) is 0 Å². The van der Waals surface area contributed by atoms with Crippen molar-refractivity contribution in [2.75, 3.05) is 11.9 Å². The van der Waals surface area contributed by atoms with Crippen molar-refractivity contribution >= 4 is 29.7 Å². The highest BCUT2D eigenvalue weighted by Gasteiger charge is 2.52. The highest BCUT2D eigenvalue weighted by molar-refractivity contribution is 5.91. The van der Waals surface area contributed by atoms with Gasteiger partial charge in [-0.05, 0) is 55.5 Å². The summed E-state index contributed by atoms with van der Waals surface area (Å²) in [7, 11) is 0. The zero-order chi connectivity index (χ0) is 30.9. The molecule has 1 aliphatic heterocycles. The molecule has 0 radical (unpaired) electrons. The maximum atomic E-state index is 13.2. The van der Waals surface area contributed by atoms with Gasteiger partial charge in [0.05, 0.1) is 16.7 Å². The monoisotopic (exact) mass is 595 g/mol. The summed E-state index contributed by atoms with van der Waals surface area (Å²) in [4.78, 5) is 52.0.